The van der Waals surface area contributed by atoms with Gasteiger partial charge in [-0.15, -0.1) is 24.8 Å². The number of nitrogens with two attached hydrogens (primary N) is 1. The first kappa shape index (κ1) is 20.0. The number of rotatable bonds is 4. The highest BCUT2D eigenvalue weighted by Crippen LogP contribution is 2.22. The van der Waals surface area contributed by atoms with E-state index in [9.17, 15) is 4.79 Å². The van der Waals surface area contributed by atoms with Crippen LogP contribution in [-0.4, -0.2) is 43.8 Å². The number of ether oxygens (including phenoxy) is 1. The normalized spacial score (nSPS) is 26.3. The van der Waals surface area contributed by atoms with E-state index in [2.05, 4.69) is 22.3 Å². The van der Waals surface area contributed by atoms with E-state index in [0.29, 0.717) is 6.54 Å². The van der Waals surface area contributed by atoms with Crippen molar-refractivity contribution < 1.29 is 9.53 Å². The van der Waals surface area contributed by atoms with Crippen molar-refractivity contribution >= 4 is 36.4 Å². The lowest BCUT2D eigenvalue weighted by Gasteiger charge is -2.20. The quantitative estimate of drug-likeness (QED) is 0.856. The van der Waals surface area contributed by atoms with Gasteiger partial charge in [-0.25, -0.2) is 0 Å². The Labute approximate surface area is 149 Å². The summed E-state index contributed by atoms with van der Waals surface area (Å²) >= 11 is 0. The molecule has 2 saturated heterocycles. The van der Waals surface area contributed by atoms with Crippen molar-refractivity contribution in [3.63, 3.8) is 0 Å². The highest BCUT2D eigenvalue weighted by Gasteiger charge is 2.32. The molecule has 3 rings (SSSR count). The number of carbonyl (C=O) groups excluding carboxylic acids is 1. The van der Waals surface area contributed by atoms with Gasteiger partial charge in [-0.05, 0) is 31.4 Å². The molecule has 0 saturated carbocycles. The first-order valence-electron chi connectivity index (χ1n) is 7.72. The van der Waals surface area contributed by atoms with Crippen LogP contribution in [0.25, 0.3) is 0 Å². The molecular formula is C16H25Cl2N3O2. The van der Waals surface area contributed by atoms with Gasteiger partial charge in [-0.2, -0.15) is 0 Å². The summed E-state index contributed by atoms with van der Waals surface area (Å²) in [5, 5.41) is 3.12. The molecule has 1 aromatic carbocycles. The highest BCUT2D eigenvalue weighted by atomic mass is 35.5. The average Bonchev–Trinajstić information content (AvgIpc) is 3.17. The molecule has 5 nitrogen and oxygen atoms in total. The van der Waals surface area contributed by atoms with Gasteiger partial charge in [0.2, 0.25) is 5.91 Å². The van der Waals surface area contributed by atoms with E-state index in [1.807, 2.05) is 18.2 Å². The van der Waals surface area contributed by atoms with Crippen LogP contribution < -0.4 is 16.0 Å². The molecule has 1 unspecified atom stereocenters. The summed E-state index contributed by atoms with van der Waals surface area (Å²) in [6, 6.07) is 10.5. The van der Waals surface area contributed by atoms with Crippen molar-refractivity contribution in [3.05, 3.63) is 30.3 Å². The fraction of sp³-hybridized carbons (Fsp3) is 0.562. The molecule has 0 aromatic heterocycles. The van der Waals surface area contributed by atoms with Crippen LogP contribution in [0.2, 0.25) is 0 Å². The van der Waals surface area contributed by atoms with Gasteiger partial charge in [0, 0.05) is 31.4 Å². The Hall–Kier alpha value is -1.01. The third-order valence-electron chi connectivity index (χ3n) is 4.32. The summed E-state index contributed by atoms with van der Waals surface area (Å²) in [5.74, 6) is 0.0193. The van der Waals surface area contributed by atoms with Gasteiger partial charge in [0.1, 0.15) is 6.10 Å². The number of benzene rings is 1. The summed E-state index contributed by atoms with van der Waals surface area (Å²) in [5.41, 5.74) is 6.80. The first-order chi connectivity index (χ1) is 10.3. The van der Waals surface area contributed by atoms with E-state index in [4.69, 9.17) is 10.5 Å². The molecule has 2 fully saturated rings. The lowest BCUT2D eigenvalue weighted by Crippen LogP contribution is -2.43. The van der Waals surface area contributed by atoms with E-state index in [1.54, 1.807) is 0 Å². The molecule has 23 heavy (non-hydrogen) atoms. The number of nitrogens with zero attached hydrogens (tertiary/aromatic N) is 1. The van der Waals surface area contributed by atoms with Crippen molar-refractivity contribution in [1.29, 1.82) is 0 Å². The van der Waals surface area contributed by atoms with E-state index in [1.165, 1.54) is 5.69 Å². The Morgan fingerprint density at radius 3 is 2.61 bits per heavy atom. The summed E-state index contributed by atoms with van der Waals surface area (Å²) in [7, 11) is 0. The molecule has 0 aliphatic carbocycles. The molecule has 2 aliphatic rings. The molecule has 2 heterocycles. The lowest BCUT2D eigenvalue weighted by molar-refractivity contribution is -0.132. The maximum Gasteiger partial charge on any atom is 0.249 e. The zero-order valence-electron chi connectivity index (χ0n) is 13.0. The molecule has 1 amide bonds. The monoisotopic (exact) mass is 361 g/mol. The zero-order valence-corrected chi connectivity index (χ0v) is 14.7. The molecule has 0 bridgehead atoms. The standard InChI is InChI=1S/C16H23N3O2.2ClH/c17-10-14-6-7-15(21-14)16(20)18-12-8-9-19(11-12)13-4-2-1-3-5-13;;/h1-5,12,14-15H,6-11,17H2,(H,18,20);2*1H/t12?,14-,15+;;/m1../s1. The molecule has 2 aliphatic heterocycles. The number of nitrogens with one attached hydrogen (secondary N) is 1. The summed E-state index contributed by atoms with van der Waals surface area (Å²) in [6.07, 6.45) is 2.38. The maximum atomic E-state index is 12.2. The van der Waals surface area contributed by atoms with Gasteiger partial charge < -0.3 is 20.7 Å². The van der Waals surface area contributed by atoms with Crippen LogP contribution in [0.15, 0.2) is 30.3 Å². The Kier molecular flexibility index (Phi) is 8.12. The van der Waals surface area contributed by atoms with Crippen molar-refractivity contribution in [1.82, 2.24) is 5.32 Å². The Morgan fingerprint density at radius 1 is 1.22 bits per heavy atom. The van der Waals surface area contributed by atoms with Gasteiger partial charge in [0.05, 0.1) is 6.10 Å². The van der Waals surface area contributed by atoms with Crippen molar-refractivity contribution in [3.8, 4) is 0 Å². The minimum Gasteiger partial charge on any atom is -0.369 e. The van der Waals surface area contributed by atoms with Crippen LogP contribution in [0.1, 0.15) is 19.3 Å². The van der Waals surface area contributed by atoms with Crippen LogP contribution >= 0.6 is 24.8 Å². The highest BCUT2D eigenvalue weighted by molar-refractivity contribution is 5.85. The number of hydrogen-bond donors (Lipinski definition) is 2. The van der Waals surface area contributed by atoms with Crippen LogP contribution in [-0.2, 0) is 9.53 Å². The number of carbonyl (C=O) groups is 1. The van der Waals surface area contributed by atoms with Crippen LogP contribution in [0.5, 0.6) is 0 Å². The summed E-state index contributed by atoms with van der Waals surface area (Å²) in [6.45, 7) is 2.34. The number of para-hydroxylation sites is 1. The van der Waals surface area contributed by atoms with E-state index in [0.717, 1.165) is 32.4 Å². The average molecular weight is 362 g/mol. The van der Waals surface area contributed by atoms with Crippen LogP contribution in [0.3, 0.4) is 0 Å². The van der Waals surface area contributed by atoms with Crippen molar-refractivity contribution in [2.75, 3.05) is 24.5 Å². The predicted octanol–water partition coefficient (Wildman–Crippen LogP) is 1.73. The van der Waals surface area contributed by atoms with Gasteiger partial charge in [0.15, 0.2) is 0 Å². The SMILES string of the molecule is Cl.Cl.NC[C@H]1CC[C@@H](C(=O)NC2CCN(c3ccccc3)C2)O1. The third-order valence-corrected chi connectivity index (χ3v) is 4.32. The molecule has 130 valence electrons. The topological polar surface area (TPSA) is 67.6 Å². The Morgan fingerprint density at radius 2 is 1.96 bits per heavy atom. The van der Waals surface area contributed by atoms with E-state index < -0.39 is 0 Å². The first-order valence-corrected chi connectivity index (χ1v) is 7.72. The summed E-state index contributed by atoms with van der Waals surface area (Å²) in [4.78, 5) is 14.5. The second-order valence-corrected chi connectivity index (χ2v) is 5.84. The molecule has 1 aromatic rings. The van der Waals surface area contributed by atoms with Gasteiger partial charge in [0.25, 0.3) is 0 Å². The number of anilines is 1. The van der Waals surface area contributed by atoms with Gasteiger partial charge in [-0.3, -0.25) is 4.79 Å². The smallest absolute Gasteiger partial charge is 0.249 e. The number of halogens is 2. The molecule has 3 atom stereocenters. The van der Waals surface area contributed by atoms with E-state index >= 15 is 0 Å². The van der Waals surface area contributed by atoms with Crippen molar-refractivity contribution in [2.45, 2.75) is 37.5 Å². The molecule has 3 N–H and O–H groups in total. The fourth-order valence-corrected chi connectivity index (χ4v) is 3.12. The van der Waals surface area contributed by atoms with Crippen LogP contribution in [0.4, 0.5) is 5.69 Å². The largest absolute Gasteiger partial charge is 0.369 e. The lowest BCUT2D eigenvalue weighted by atomic mass is 10.1. The van der Waals surface area contributed by atoms with Gasteiger partial charge in [-0.1, -0.05) is 18.2 Å². The second kappa shape index (κ2) is 9.33. The Balaban J connectivity index is 0.00000132. The van der Waals surface area contributed by atoms with Gasteiger partial charge >= 0.3 is 0 Å². The Bertz CT molecular complexity index is 489. The predicted molar refractivity (Wildman–Crippen MR) is 96.6 cm³/mol. The molecule has 7 heteroatoms. The third kappa shape index (κ3) is 4.98. The zero-order chi connectivity index (χ0) is 14.7. The molecule has 0 radical (unpaired) electrons. The second-order valence-electron chi connectivity index (χ2n) is 5.84. The number of hydrogen-bond acceptors (Lipinski definition) is 4. The van der Waals surface area contributed by atoms with E-state index in [-0.39, 0.29) is 49.0 Å². The van der Waals surface area contributed by atoms with Crippen LogP contribution in [0, 0.1) is 0 Å². The fourth-order valence-electron chi connectivity index (χ4n) is 3.12. The summed E-state index contributed by atoms with van der Waals surface area (Å²) < 4.78 is 5.64. The minimum absolute atomic E-state index is 0. The molecule has 0 spiro atoms. The number of amides is 1. The van der Waals surface area contributed by atoms with Crippen molar-refractivity contribution in [2.24, 2.45) is 5.73 Å². The maximum absolute atomic E-state index is 12.2. The molecular weight excluding hydrogens is 337 g/mol. The minimum atomic E-state index is -0.315.